The fraction of sp³-hybridized carbons (Fsp3) is 0.133. The van der Waals surface area contributed by atoms with Crippen molar-refractivity contribution in [3.05, 3.63) is 52.5 Å². The number of hydrogen-bond donors (Lipinski definition) is 0. The number of nitriles is 1. The monoisotopic (exact) mass is 381 g/mol. The molecule has 0 aliphatic heterocycles. The van der Waals surface area contributed by atoms with E-state index in [1.165, 1.54) is 24.3 Å². The van der Waals surface area contributed by atoms with Gasteiger partial charge in [-0.2, -0.15) is 13.7 Å². The molecule has 5 nitrogen and oxygen atoms in total. The van der Waals surface area contributed by atoms with Crippen LogP contribution < -0.4 is 8.92 Å². The zero-order valence-electron chi connectivity index (χ0n) is 11.6. The number of ether oxygens (including phenoxy) is 1. The number of benzene rings is 2. The summed E-state index contributed by atoms with van der Waals surface area (Å²) in [6, 6.07) is 12.6. The summed E-state index contributed by atoms with van der Waals surface area (Å²) in [5.74, 6) is 0.244. The molecule has 0 saturated heterocycles. The van der Waals surface area contributed by atoms with Crippen molar-refractivity contribution in [1.82, 2.24) is 0 Å². The second-order valence-corrected chi connectivity index (χ2v) is 6.54. The van der Waals surface area contributed by atoms with Crippen LogP contribution in [0.4, 0.5) is 0 Å². The lowest BCUT2D eigenvalue weighted by atomic mass is 10.2. The van der Waals surface area contributed by atoms with Gasteiger partial charge < -0.3 is 8.92 Å². The molecule has 2 aromatic rings. The van der Waals surface area contributed by atoms with Gasteiger partial charge in [0.05, 0.1) is 18.2 Å². The Balaban J connectivity index is 2.42. The molecule has 0 heterocycles. The molecule has 0 bridgehead atoms. The minimum atomic E-state index is -4.01. The lowest BCUT2D eigenvalue weighted by Gasteiger charge is -2.12. The molecule has 0 saturated carbocycles. The molecule has 2 aromatic carbocycles. The third-order valence-corrected chi connectivity index (χ3v) is 4.93. The van der Waals surface area contributed by atoms with Crippen LogP contribution in [0.3, 0.4) is 0 Å². The highest BCUT2D eigenvalue weighted by atomic mass is 79.9. The van der Waals surface area contributed by atoms with Gasteiger partial charge in [0.2, 0.25) is 0 Å². The summed E-state index contributed by atoms with van der Waals surface area (Å²) < 4.78 is 35.6. The second kappa shape index (κ2) is 6.81. The first-order valence-electron chi connectivity index (χ1n) is 6.34. The second-order valence-electron chi connectivity index (χ2n) is 4.17. The van der Waals surface area contributed by atoms with Crippen molar-refractivity contribution < 1.29 is 17.3 Å². The van der Waals surface area contributed by atoms with E-state index < -0.39 is 10.1 Å². The zero-order valence-corrected chi connectivity index (χ0v) is 14.0. The van der Waals surface area contributed by atoms with Gasteiger partial charge >= 0.3 is 10.1 Å². The van der Waals surface area contributed by atoms with Crippen molar-refractivity contribution in [2.45, 2.75) is 11.8 Å². The molecule has 22 heavy (non-hydrogen) atoms. The van der Waals surface area contributed by atoms with Gasteiger partial charge in [0.25, 0.3) is 0 Å². The van der Waals surface area contributed by atoms with Crippen molar-refractivity contribution in [3.8, 4) is 17.6 Å². The Morgan fingerprint density at radius 3 is 2.55 bits per heavy atom. The lowest BCUT2D eigenvalue weighted by molar-refractivity contribution is 0.327. The highest BCUT2D eigenvalue weighted by molar-refractivity contribution is 9.10. The molecule has 0 radical (unpaired) electrons. The van der Waals surface area contributed by atoms with Crippen LogP contribution in [0.1, 0.15) is 12.5 Å². The van der Waals surface area contributed by atoms with Crippen LogP contribution in [0.25, 0.3) is 0 Å². The maximum atomic E-state index is 12.4. The van der Waals surface area contributed by atoms with Crippen molar-refractivity contribution in [2.24, 2.45) is 0 Å². The summed E-state index contributed by atoms with van der Waals surface area (Å²) >= 11 is 3.18. The summed E-state index contributed by atoms with van der Waals surface area (Å²) in [6.45, 7) is 2.07. The molecule has 0 N–H and O–H groups in total. The van der Waals surface area contributed by atoms with Gasteiger partial charge in [-0.1, -0.05) is 12.1 Å². The Morgan fingerprint density at radius 2 is 1.91 bits per heavy atom. The zero-order chi connectivity index (χ0) is 16.2. The smallest absolute Gasteiger partial charge is 0.340 e. The van der Waals surface area contributed by atoms with E-state index in [1.807, 2.05) is 6.07 Å². The molecule has 0 atom stereocenters. The van der Waals surface area contributed by atoms with Crippen LogP contribution >= 0.6 is 15.9 Å². The Hall–Kier alpha value is -2.04. The van der Waals surface area contributed by atoms with Crippen LogP contribution in [0.2, 0.25) is 0 Å². The van der Waals surface area contributed by atoms with E-state index in [0.717, 1.165) is 0 Å². The molecule has 114 valence electrons. The van der Waals surface area contributed by atoms with Crippen molar-refractivity contribution in [2.75, 3.05) is 6.61 Å². The van der Waals surface area contributed by atoms with E-state index in [9.17, 15) is 8.42 Å². The van der Waals surface area contributed by atoms with E-state index in [4.69, 9.17) is 14.2 Å². The van der Waals surface area contributed by atoms with Gasteiger partial charge in [0.15, 0.2) is 11.5 Å². The maximum Gasteiger partial charge on any atom is 0.340 e. The maximum absolute atomic E-state index is 12.4. The lowest BCUT2D eigenvalue weighted by Crippen LogP contribution is -2.11. The topological polar surface area (TPSA) is 76.4 Å². The fourth-order valence-electron chi connectivity index (χ4n) is 1.73. The minimum absolute atomic E-state index is 0.0156. The van der Waals surface area contributed by atoms with E-state index in [2.05, 4.69) is 15.9 Å². The standard InChI is InChI=1S/C15H12BrNO4S/c1-2-20-14-9-11(10-17)7-8-13(14)21-22(18,19)15-6-4-3-5-12(15)16/h3-9H,2H2,1H3. The Labute approximate surface area is 137 Å². The molecule has 7 heteroatoms. The van der Waals surface area contributed by atoms with Crippen molar-refractivity contribution >= 4 is 26.0 Å². The van der Waals surface area contributed by atoms with Gasteiger partial charge in [-0.05, 0) is 47.1 Å². The van der Waals surface area contributed by atoms with Gasteiger partial charge in [-0.15, -0.1) is 0 Å². The number of nitrogens with zero attached hydrogens (tertiary/aromatic N) is 1. The van der Waals surface area contributed by atoms with Crippen LogP contribution in [0.5, 0.6) is 11.5 Å². The average Bonchev–Trinajstić information content (AvgIpc) is 2.49. The van der Waals surface area contributed by atoms with Crippen LogP contribution in [0.15, 0.2) is 51.8 Å². The molecule has 0 aliphatic carbocycles. The molecule has 0 fully saturated rings. The fourth-order valence-corrected chi connectivity index (χ4v) is 3.62. The minimum Gasteiger partial charge on any atom is -0.490 e. The summed E-state index contributed by atoms with van der Waals surface area (Å²) in [7, 11) is -4.01. The highest BCUT2D eigenvalue weighted by Gasteiger charge is 2.21. The third-order valence-electron chi connectivity index (χ3n) is 2.68. The Kier molecular flexibility index (Phi) is 5.06. The van der Waals surface area contributed by atoms with Crippen LogP contribution in [-0.2, 0) is 10.1 Å². The van der Waals surface area contributed by atoms with E-state index in [0.29, 0.717) is 16.6 Å². The van der Waals surface area contributed by atoms with Crippen LogP contribution in [-0.4, -0.2) is 15.0 Å². The summed E-state index contributed by atoms with van der Waals surface area (Å²) in [6.07, 6.45) is 0. The molecule has 0 spiro atoms. The Morgan fingerprint density at radius 1 is 1.18 bits per heavy atom. The van der Waals surface area contributed by atoms with Gasteiger partial charge in [0.1, 0.15) is 4.90 Å². The molecule has 0 unspecified atom stereocenters. The highest BCUT2D eigenvalue weighted by Crippen LogP contribution is 2.32. The van der Waals surface area contributed by atoms with E-state index in [-0.39, 0.29) is 16.4 Å². The average molecular weight is 382 g/mol. The van der Waals surface area contributed by atoms with Crippen LogP contribution in [0, 0.1) is 11.3 Å². The predicted molar refractivity (Wildman–Crippen MR) is 84.3 cm³/mol. The first-order chi connectivity index (χ1) is 10.5. The molecule has 0 amide bonds. The number of halogens is 1. The third kappa shape index (κ3) is 3.59. The normalized spacial score (nSPS) is 10.8. The molecule has 0 aromatic heterocycles. The molecular weight excluding hydrogens is 370 g/mol. The van der Waals surface area contributed by atoms with Gasteiger partial charge in [-0.3, -0.25) is 0 Å². The van der Waals surface area contributed by atoms with Crippen molar-refractivity contribution in [3.63, 3.8) is 0 Å². The summed E-state index contributed by atoms with van der Waals surface area (Å²) in [4.78, 5) is 0.0156. The molecular formula is C15H12BrNO4S. The van der Waals surface area contributed by atoms with Gasteiger partial charge in [-0.25, -0.2) is 0 Å². The first-order valence-corrected chi connectivity index (χ1v) is 8.54. The number of hydrogen-bond acceptors (Lipinski definition) is 5. The van der Waals surface area contributed by atoms with E-state index in [1.54, 1.807) is 25.1 Å². The molecule has 2 rings (SSSR count). The predicted octanol–water partition coefficient (Wildman–Crippen LogP) is 3.49. The molecule has 0 aliphatic rings. The number of rotatable bonds is 5. The quantitative estimate of drug-likeness (QED) is 0.740. The van der Waals surface area contributed by atoms with Crippen molar-refractivity contribution in [1.29, 1.82) is 5.26 Å². The van der Waals surface area contributed by atoms with Gasteiger partial charge in [0, 0.05) is 10.5 Å². The SMILES string of the molecule is CCOc1cc(C#N)ccc1OS(=O)(=O)c1ccccc1Br. The largest absolute Gasteiger partial charge is 0.490 e. The summed E-state index contributed by atoms with van der Waals surface area (Å²) in [5, 5.41) is 8.90. The van der Waals surface area contributed by atoms with E-state index >= 15 is 0 Å². The summed E-state index contributed by atoms with van der Waals surface area (Å²) in [5.41, 5.74) is 0.356. The Bertz CT molecular complexity index is 828. The first kappa shape index (κ1) is 16.3.